The monoisotopic (exact) mass is 308 g/mol. The summed E-state index contributed by atoms with van der Waals surface area (Å²) >= 11 is 1.18. The van der Waals surface area contributed by atoms with Gasteiger partial charge in [0.2, 0.25) is 0 Å². The molecule has 4 aliphatic rings. The van der Waals surface area contributed by atoms with Gasteiger partial charge >= 0.3 is 0 Å². The smallest absolute Gasteiger partial charge is 0.291 e. The molecule has 2 saturated carbocycles. The summed E-state index contributed by atoms with van der Waals surface area (Å²) in [5.74, 6) is 2.74. The van der Waals surface area contributed by atoms with Crippen molar-refractivity contribution in [1.82, 2.24) is 19.4 Å². The number of aromatic nitrogens is 2. The maximum absolute atomic E-state index is 6.10. The van der Waals surface area contributed by atoms with Crippen LogP contribution in [0, 0.1) is 11.8 Å². The number of rotatable bonds is 4. The van der Waals surface area contributed by atoms with Gasteiger partial charge in [-0.2, -0.15) is 0 Å². The second-order valence-electron chi connectivity index (χ2n) is 6.89. The lowest BCUT2D eigenvalue weighted by Crippen LogP contribution is -2.41. The van der Waals surface area contributed by atoms with Gasteiger partial charge in [-0.1, -0.05) is 0 Å². The second kappa shape index (κ2) is 4.79. The first-order chi connectivity index (χ1) is 10.3. The highest BCUT2D eigenvalue weighted by Crippen LogP contribution is 2.38. The zero-order chi connectivity index (χ0) is 13.8. The maximum atomic E-state index is 6.10. The normalized spacial score (nSPS) is 43.6. The minimum absolute atomic E-state index is 0.230. The molecule has 3 heterocycles. The number of nitrogens with zero attached hydrogens (tertiary/aromatic N) is 2. The molecule has 0 spiro atoms. The molecule has 2 saturated heterocycles. The molecule has 21 heavy (non-hydrogen) atoms. The summed E-state index contributed by atoms with van der Waals surface area (Å²) in [7, 11) is 0. The maximum Gasteiger partial charge on any atom is 0.291 e. The molecular formula is C14H20N4O2S. The molecule has 4 bridgehead atoms. The molecule has 6 atom stereocenters. The number of nitrogens with one attached hydrogen (secondary N) is 2. The summed E-state index contributed by atoms with van der Waals surface area (Å²) in [6.07, 6.45) is 5.18. The van der Waals surface area contributed by atoms with Gasteiger partial charge in [0, 0.05) is 12.1 Å². The average Bonchev–Trinajstić information content (AvgIpc) is 3.26. The zero-order valence-corrected chi connectivity index (χ0v) is 12.6. The van der Waals surface area contributed by atoms with Crippen LogP contribution in [-0.2, 0) is 0 Å². The molecule has 1 aromatic rings. The van der Waals surface area contributed by atoms with Crippen LogP contribution in [0.25, 0.3) is 0 Å². The van der Waals surface area contributed by atoms with Crippen LogP contribution in [0.4, 0.5) is 0 Å². The van der Waals surface area contributed by atoms with Crippen LogP contribution in [0.15, 0.2) is 0 Å². The van der Waals surface area contributed by atoms with Crippen LogP contribution < -0.4 is 20.1 Å². The Morgan fingerprint density at radius 3 is 1.71 bits per heavy atom. The van der Waals surface area contributed by atoms with E-state index in [0.717, 1.165) is 37.8 Å². The minimum Gasteiger partial charge on any atom is -0.468 e. The van der Waals surface area contributed by atoms with Crippen molar-refractivity contribution in [2.45, 2.75) is 50.0 Å². The zero-order valence-electron chi connectivity index (χ0n) is 11.8. The third-order valence-corrected chi connectivity index (χ3v) is 5.99. The summed E-state index contributed by atoms with van der Waals surface area (Å²) in [6, 6.07) is 0.961. The first-order valence-corrected chi connectivity index (χ1v) is 8.71. The minimum atomic E-state index is 0.230. The number of hydrogen-bond donors (Lipinski definition) is 2. The fourth-order valence-corrected chi connectivity index (χ4v) is 4.89. The van der Waals surface area contributed by atoms with E-state index in [1.165, 1.54) is 24.6 Å². The summed E-state index contributed by atoms with van der Waals surface area (Å²) < 4.78 is 20.8. The van der Waals surface area contributed by atoms with Gasteiger partial charge in [-0.05, 0) is 50.6 Å². The van der Waals surface area contributed by atoms with Crippen LogP contribution in [0.5, 0.6) is 11.8 Å². The fraction of sp³-hybridized carbons (Fsp3) is 0.857. The van der Waals surface area contributed by atoms with Crippen molar-refractivity contribution in [2.75, 3.05) is 13.1 Å². The molecule has 5 rings (SSSR count). The van der Waals surface area contributed by atoms with Crippen LogP contribution >= 0.6 is 11.7 Å². The summed E-state index contributed by atoms with van der Waals surface area (Å²) in [4.78, 5) is 0. The van der Waals surface area contributed by atoms with Crippen LogP contribution in [0.1, 0.15) is 25.7 Å². The molecule has 2 N–H and O–H groups in total. The largest absolute Gasteiger partial charge is 0.468 e. The Morgan fingerprint density at radius 1 is 0.810 bits per heavy atom. The van der Waals surface area contributed by atoms with E-state index in [0.29, 0.717) is 23.8 Å². The quantitative estimate of drug-likeness (QED) is 0.857. The number of hydrogen-bond acceptors (Lipinski definition) is 7. The number of piperidine rings is 2. The Hall–Kier alpha value is -0.920. The molecule has 2 unspecified atom stereocenters. The molecule has 7 heteroatoms. The van der Waals surface area contributed by atoms with E-state index in [4.69, 9.17) is 9.47 Å². The molecule has 0 radical (unpaired) electrons. The van der Waals surface area contributed by atoms with Gasteiger partial charge < -0.3 is 20.1 Å². The lowest BCUT2D eigenvalue weighted by molar-refractivity contribution is 0.120. The molecular weight excluding hydrogens is 288 g/mol. The number of ether oxygens (including phenoxy) is 2. The van der Waals surface area contributed by atoms with Crippen molar-refractivity contribution in [3.05, 3.63) is 0 Å². The molecule has 2 aliphatic heterocycles. The van der Waals surface area contributed by atoms with E-state index in [1.807, 2.05) is 0 Å². The highest BCUT2D eigenvalue weighted by Gasteiger charge is 2.43. The van der Waals surface area contributed by atoms with E-state index in [9.17, 15) is 0 Å². The van der Waals surface area contributed by atoms with Crippen LogP contribution in [0.3, 0.4) is 0 Å². The average molecular weight is 308 g/mol. The molecule has 0 aromatic carbocycles. The second-order valence-corrected chi connectivity index (χ2v) is 7.42. The van der Waals surface area contributed by atoms with Gasteiger partial charge in [0.1, 0.15) is 12.2 Å². The molecule has 114 valence electrons. The van der Waals surface area contributed by atoms with Crippen LogP contribution in [0.2, 0.25) is 0 Å². The van der Waals surface area contributed by atoms with Gasteiger partial charge in [-0.25, -0.2) is 0 Å². The Labute approximate surface area is 127 Å². The highest BCUT2D eigenvalue weighted by molar-refractivity contribution is 6.99. The molecule has 4 fully saturated rings. The van der Waals surface area contributed by atoms with Gasteiger partial charge in [0.25, 0.3) is 11.8 Å². The molecule has 6 nitrogen and oxygen atoms in total. The van der Waals surface area contributed by atoms with Crippen LogP contribution in [-0.4, -0.2) is 46.1 Å². The van der Waals surface area contributed by atoms with E-state index < -0.39 is 0 Å². The Bertz CT molecular complexity index is 494. The van der Waals surface area contributed by atoms with E-state index >= 15 is 0 Å². The lowest BCUT2D eigenvalue weighted by atomic mass is 10.1. The van der Waals surface area contributed by atoms with Crippen molar-refractivity contribution in [1.29, 1.82) is 0 Å². The van der Waals surface area contributed by atoms with Crippen molar-refractivity contribution < 1.29 is 9.47 Å². The first kappa shape index (κ1) is 12.6. The summed E-state index contributed by atoms with van der Waals surface area (Å²) in [5.41, 5.74) is 0. The van der Waals surface area contributed by atoms with E-state index in [-0.39, 0.29) is 12.2 Å². The van der Waals surface area contributed by atoms with E-state index in [2.05, 4.69) is 19.4 Å². The molecule has 0 amide bonds. The third kappa shape index (κ3) is 2.13. The first-order valence-electron chi connectivity index (χ1n) is 7.98. The van der Waals surface area contributed by atoms with Gasteiger partial charge in [-0.15, -0.1) is 8.75 Å². The standard InChI is InChI=1S/C14H20N4O2S/c1-7-3-11(9(1)15-5-7)19-13-14(18-21-17-13)20-12-4-8-2-10(12)16-6-8/h7-12,15-16H,1-6H2/t7-,8?,9+,10?,11+,12+/m0/s1. The Kier molecular flexibility index (Phi) is 2.88. The number of fused-ring (bicyclic) bond motifs is 4. The van der Waals surface area contributed by atoms with Crippen molar-refractivity contribution in [3.63, 3.8) is 0 Å². The molecule has 2 aliphatic carbocycles. The van der Waals surface area contributed by atoms with Gasteiger partial charge in [0.05, 0.1) is 11.7 Å². The lowest BCUT2D eigenvalue weighted by Gasteiger charge is -2.25. The fourth-order valence-electron chi connectivity index (χ4n) is 4.46. The Balaban J connectivity index is 1.27. The summed E-state index contributed by atoms with van der Waals surface area (Å²) in [5, 5.41) is 7.03. The highest BCUT2D eigenvalue weighted by atomic mass is 32.1. The predicted octanol–water partition coefficient (Wildman–Crippen LogP) is 0.796. The van der Waals surface area contributed by atoms with E-state index in [1.54, 1.807) is 0 Å². The summed E-state index contributed by atoms with van der Waals surface area (Å²) in [6.45, 7) is 2.28. The Morgan fingerprint density at radius 2 is 1.33 bits per heavy atom. The predicted molar refractivity (Wildman–Crippen MR) is 77.8 cm³/mol. The third-order valence-electron chi connectivity index (χ3n) is 5.50. The van der Waals surface area contributed by atoms with Crippen molar-refractivity contribution >= 4 is 11.7 Å². The van der Waals surface area contributed by atoms with Gasteiger partial charge in [-0.3, -0.25) is 0 Å². The van der Waals surface area contributed by atoms with Crippen molar-refractivity contribution in [2.24, 2.45) is 11.8 Å². The SMILES string of the molecule is C1NC2CC1C[C@H]2Oc1nsnc1O[C@@H]1C[C@H]2CN[C@@H]1C2. The van der Waals surface area contributed by atoms with Gasteiger partial charge in [0.15, 0.2) is 0 Å². The molecule has 1 aromatic heterocycles. The topological polar surface area (TPSA) is 68.3 Å². The van der Waals surface area contributed by atoms with Crippen molar-refractivity contribution in [3.8, 4) is 11.8 Å².